The smallest absolute Gasteiger partial charge is 0.262 e. The summed E-state index contributed by atoms with van der Waals surface area (Å²) in [6, 6.07) is 21.7. The number of hydrogen-bond acceptors (Lipinski definition) is 11. The van der Waals surface area contributed by atoms with Crippen molar-refractivity contribution in [2.45, 2.75) is 103 Å². The molecule has 64 heavy (non-hydrogen) atoms. The Kier molecular flexibility index (Phi) is 11.2. The fourth-order valence-electron chi connectivity index (χ4n) is 11.2. The second-order valence-electron chi connectivity index (χ2n) is 19.3. The highest BCUT2D eigenvalue weighted by atomic mass is 16.5. The van der Waals surface area contributed by atoms with Gasteiger partial charge in [0, 0.05) is 84.6 Å². The van der Waals surface area contributed by atoms with E-state index in [1.807, 2.05) is 30.3 Å². The molecule has 0 bridgehead atoms. The van der Waals surface area contributed by atoms with Crippen molar-refractivity contribution in [2.24, 2.45) is 16.7 Å². The summed E-state index contributed by atoms with van der Waals surface area (Å²) in [7, 11) is 0. The molecule has 2 saturated carbocycles. The highest BCUT2D eigenvalue weighted by Crippen LogP contribution is 2.56. The van der Waals surface area contributed by atoms with Crippen molar-refractivity contribution in [3.63, 3.8) is 0 Å². The molecule has 9 rings (SSSR count). The van der Waals surface area contributed by atoms with E-state index in [4.69, 9.17) is 9.47 Å². The highest BCUT2D eigenvalue weighted by Gasteiger charge is 2.64. The predicted octanol–water partition coefficient (Wildman–Crippen LogP) is 6.27. The van der Waals surface area contributed by atoms with E-state index in [1.165, 1.54) is 0 Å². The van der Waals surface area contributed by atoms with Crippen LogP contribution >= 0.6 is 0 Å². The summed E-state index contributed by atoms with van der Waals surface area (Å²) in [6.45, 7) is 14.6. The molecule has 332 valence electrons. The number of piperidine rings is 2. The highest BCUT2D eigenvalue weighted by molar-refractivity contribution is 6.23. The zero-order valence-corrected chi connectivity index (χ0v) is 37.1. The van der Waals surface area contributed by atoms with Gasteiger partial charge in [0.2, 0.25) is 11.8 Å². The van der Waals surface area contributed by atoms with Gasteiger partial charge in [-0.15, -0.1) is 0 Å². The number of anilines is 1. The Labute approximate surface area is 373 Å². The second-order valence-corrected chi connectivity index (χ2v) is 19.3. The third-order valence-corrected chi connectivity index (χ3v) is 14.5. The van der Waals surface area contributed by atoms with Gasteiger partial charge in [-0.05, 0) is 98.5 Å². The summed E-state index contributed by atoms with van der Waals surface area (Å²) in [5.41, 5.74) is 2.59. The first-order chi connectivity index (χ1) is 30.7. The average molecular weight is 866 g/mol. The Morgan fingerprint density at radius 2 is 1.64 bits per heavy atom. The Balaban J connectivity index is 0.733. The van der Waals surface area contributed by atoms with E-state index < -0.39 is 29.7 Å². The topological polar surface area (TPSA) is 174 Å². The first-order valence-corrected chi connectivity index (χ1v) is 22.5. The molecule has 2 N–H and O–H groups in total. The number of aromatic nitrogens is 1. The molecule has 4 heterocycles. The first kappa shape index (κ1) is 42.9. The number of fused-ring (bicyclic) bond motifs is 2. The van der Waals surface area contributed by atoms with Gasteiger partial charge in [-0.3, -0.25) is 39.2 Å². The van der Waals surface area contributed by atoms with Gasteiger partial charge >= 0.3 is 0 Å². The Morgan fingerprint density at radius 1 is 0.922 bits per heavy atom. The second kappa shape index (κ2) is 16.7. The van der Waals surface area contributed by atoms with E-state index in [9.17, 15) is 29.2 Å². The molecule has 5 amide bonds. The molecule has 5 aliphatic rings. The maximum Gasteiger partial charge on any atom is 0.262 e. The number of ether oxygens (including phenoxy) is 2. The van der Waals surface area contributed by atoms with Crippen molar-refractivity contribution < 1.29 is 33.4 Å². The SMILES string of the molecule is CCN(CC1CCN(c2ccc(C(=O)NC3C(C)(C)C(Oc4ccc(C#N)c5ncccc45)C3(C)C)cc2)CC1)C1CC(Oc2ccc3c(c2)C(=O)N(C2CCC(=O)NC2=O)C3=O)C1. The summed E-state index contributed by atoms with van der Waals surface area (Å²) >= 11 is 0. The minimum atomic E-state index is -1.000. The quantitative estimate of drug-likeness (QED) is 0.154. The molecule has 4 fully saturated rings. The van der Waals surface area contributed by atoms with Crippen molar-refractivity contribution in [3.8, 4) is 17.6 Å². The number of nitrogens with zero attached hydrogens (tertiary/aromatic N) is 5. The normalized spacial score (nSPS) is 25.0. The molecule has 4 aromatic rings. The molecular formula is C50H55N7O7. The van der Waals surface area contributed by atoms with Crippen LogP contribution in [0.3, 0.4) is 0 Å². The standard InChI is InChI=1S/C50H55N7O7/c1-6-55(33-24-35(25-33)63-34-14-15-36-38(26-34)46(62)57(45(36)61)39-16-18-41(58)53-44(39)60)28-29-19-22-56(23-20-29)32-12-9-30(10-13-32)43(59)54-47-49(2,3)48(50(47,4)5)64-40-17-11-31(27-51)42-37(40)8-7-21-52-42/h7-15,17,21,26,29,33,35,39,47-48H,6,16,18-20,22-25,28H2,1-5H3,(H,54,59)(H,53,58,60). The molecule has 14 nitrogen and oxygen atoms in total. The van der Waals surface area contributed by atoms with Gasteiger partial charge in [-0.1, -0.05) is 34.6 Å². The zero-order chi connectivity index (χ0) is 45.1. The Morgan fingerprint density at radius 3 is 2.33 bits per heavy atom. The van der Waals surface area contributed by atoms with E-state index in [0.29, 0.717) is 40.1 Å². The van der Waals surface area contributed by atoms with Crippen LogP contribution in [0.4, 0.5) is 5.69 Å². The Bertz CT molecular complexity index is 2550. The van der Waals surface area contributed by atoms with Crippen molar-refractivity contribution in [1.29, 1.82) is 5.26 Å². The van der Waals surface area contributed by atoms with Crippen molar-refractivity contribution in [3.05, 3.63) is 95.2 Å². The number of carbonyl (C=O) groups is 5. The van der Waals surface area contributed by atoms with E-state index in [2.05, 4.69) is 78.2 Å². The molecule has 0 radical (unpaired) electrons. The van der Waals surface area contributed by atoms with Gasteiger partial charge in [0.1, 0.15) is 35.8 Å². The third-order valence-electron chi connectivity index (χ3n) is 14.5. The molecule has 2 aliphatic carbocycles. The molecule has 1 unspecified atom stereocenters. The van der Waals surface area contributed by atoms with E-state index in [-0.39, 0.29) is 59.0 Å². The lowest BCUT2D eigenvalue weighted by atomic mass is 9.49. The molecule has 2 saturated heterocycles. The number of imide groups is 2. The van der Waals surface area contributed by atoms with Gasteiger partial charge in [0.05, 0.1) is 22.2 Å². The monoisotopic (exact) mass is 865 g/mol. The van der Waals surface area contributed by atoms with E-state index in [0.717, 1.165) is 67.8 Å². The van der Waals surface area contributed by atoms with Crippen LogP contribution in [0.15, 0.2) is 72.9 Å². The molecular weight excluding hydrogens is 811 g/mol. The fourth-order valence-corrected chi connectivity index (χ4v) is 11.2. The van der Waals surface area contributed by atoms with Crippen LogP contribution in [0, 0.1) is 28.1 Å². The summed E-state index contributed by atoms with van der Waals surface area (Å²) in [5.74, 6) is -0.430. The van der Waals surface area contributed by atoms with E-state index >= 15 is 0 Å². The minimum Gasteiger partial charge on any atom is -0.490 e. The van der Waals surface area contributed by atoms with Crippen molar-refractivity contribution in [2.75, 3.05) is 31.1 Å². The number of rotatable bonds is 12. The largest absolute Gasteiger partial charge is 0.490 e. The lowest BCUT2D eigenvalue weighted by molar-refractivity contribution is -0.163. The number of nitriles is 1. The van der Waals surface area contributed by atoms with Crippen LogP contribution in [-0.2, 0) is 9.59 Å². The number of nitrogens with one attached hydrogen (secondary N) is 2. The Hall–Kier alpha value is -6.33. The minimum absolute atomic E-state index is 0.000737. The van der Waals surface area contributed by atoms with Gasteiger partial charge in [0.15, 0.2) is 0 Å². The number of hydrogen-bond donors (Lipinski definition) is 2. The number of amides is 5. The molecule has 14 heteroatoms. The molecule has 1 aromatic heterocycles. The van der Waals surface area contributed by atoms with Crippen LogP contribution in [-0.4, -0.2) is 101 Å². The third kappa shape index (κ3) is 7.63. The van der Waals surface area contributed by atoms with E-state index in [1.54, 1.807) is 30.5 Å². The number of carbonyl (C=O) groups excluding carboxylic acids is 5. The maximum atomic E-state index is 13.7. The number of benzene rings is 3. The zero-order valence-electron chi connectivity index (χ0n) is 37.1. The van der Waals surface area contributed by atoms with Crippen LogP contribution in [0.1, 0.15) is 110 Å². The van der Waals surface area contributed by atoms with Crippen molar-refractivity contribution in [1.82, 2.24) is 25.4 Å². The lowest BCUT2D eigenvalue weighted by Crippen LogP contribution is -2.74. The summed E-state index contributed by atoms with van der Waals surface area (Å²) in [6.07, 6.45) is 5.58. The van der Waals surface area contributed by atoms with Gasteiger partial charge in [-0.25, -0.2) is 0 Å². The fraction of sp³-hybridized carbons (Fsp3) is 0.460. The van der Waals surface area contributed by atoms with Crippen molar-refractivity contribution >= 4 is 46.1 Å². The van der Waals surface area contributed by atoms with Gasteiger partial charge < -0.3 is 24.6 Å². The summed E-state index contributed by atoms with van der Waals surface area (Å²) < 4.78 is 12.9. The number of pyridine rings is 1. The summed E-state index contributed by atoms with van der Waals surface area (Å²) in [5, 5.41) is 15.9. The molecule has 3 aromatic carbocycles. The van der Waals surface area contributed by atoms with Crippen LogP contribution in [0.5, 0.6) is 11.5 Å². The predicted molar refractivity (Wildman–Crippen MR) is 239 cm³/mol. The van der Waals surface area contributed by atoms with Crippen LogP contribution in [0.2, 0.25) is 0 Å². The van der Waals surface area contributed by atoms with Crippen LogP contribution in [0.25, 0.3) is 10.9 Å². The molecule has 3 aliphatic heterocycles. The van der Waals surface area contributed by atoms with Gasteiger partial charge in [-0.2, -0.15) is 5.26 Å². The molecule has 1 atom stereocenters. The van der Waals surface area contributed by atoms with Gasteiger partial charge in [0.25, 0.3) is 17.7 Å². The first-order valence-electron chi connectivity index (χ1n) is 22.5. The lowest BCUT2D eigenvalue weighted by Gasteiger charge is -2.63. The van der Waals surface area contributed by atoms with Crippen LogP contribution < -0.4 is 25.0 Å². The average Bonchev–Trinajstić information content (AvgIpc) is 3.52. The molecule has 0 spiro atoms. The summed E-state index contributed by atoms with van der Waals surface area (Å²) in [4.78, 5) is 74.5. The maximum absolute atomic E-state index is 13.7.